The minimum Gasteiger partial charge on any atom is -0.487 e. The molecule has 1 aliphatic carbocycles. The first-order valence-corrected chi connectivity index (χ1v) is 9.75. The van der Waals surface area contributed by atoms with Gasteiger partial charge in [-0.05, 0) is 43.9 Å². The minimum absolute atomic E-state index is 0. The zero-order valence-electron chi connectivity index (χ0n) is 16.5. The molecule has 1 aliphatic heterocycles. The lowest BCUT2D eigenvalue weighted by Gasteiger charge is -2.34. The topological polar surface area (TPSA) is 75.4 Å². The molecule has 0 radical (unpaired) electrons. The molecule has 2 aliphatic rings. The van der Waals surface area contributed by atoms with Gasteiger partial charge in [0, 0.05) is 31.5 Å². The molecule has 1 saturated heterocycles. The van der Waals surface area contributed by atoms with Crippen molar-refractivity contribution in [3.05, 3.63) is 35.2 Å². The number of benzene rings is 1. The van der Waals surface area contributed by atoms with Crippen molar-refractivity contribution >= 4 is 18.3 Å². The quantitative estimate of drug-likeness (QED) is 0.380. The molecule has 0 aromatic heterocycles. The number of likely N-dealkylation sites (tertiary alicyclic amines) is 1. The molecular weight excluding hydrogens is 420 g/mol. The van der Waals surface area contributed by atoms with Crippen LogP contribution in [-0.4, -0.2) is 48.4 Å². The second-order valence-corrected chi connectivity index (χ2v) is 7.52. The lowest BCUT2D eigenvalue weighted by atomic mass is 9.81. The fourth-order valence-corrected chi connectivity index (χ4v) is 4.05. The molecule has 1 amide bonds. The predicted molar refractivity (Wildman–Crippen MR) is 107 cm³/mol. The highest BCUT2D eigenvalue weighted by Crippen LogP contribution is 2.42. The van der Waals surface area contributed by atoms with Crippen molar-refractivity contribution in [2.45, 2.75) is 56.8 Å². The first kappa shape index (κ1) is 24.1. The smallest absolute Gasteiger partial charge is 0.387 e. The Hall–Kier alpha value is -2.15. The standard InChI is InChI=1S/C20H25F2N3O4.ClH/c1-23-20(8-10-25(11-9-20)13-18(26)24-27)14-6-7-16(29-19(21)22)17(12-14)28-15-4-2-3-5-15;/h6-7,12,15,19,27H,2-5,8-11,13H2,(H,24,26);1H. The Morgan fingerprint density at radius 2 is 1.97 bits per heavy atom. The summed E-state index contributed by atoms with van der Waals surface area (Å²) in [5.41, 5.74) is 1.50. The van der Waals surface area contributed by atoms with Gasteiger partial charge < -0.3 is 14.3 Å². The molecule has 1 heterocycles. The summed E-state index contributed by atoms with van der Waals surface area (Å²) < 4.78 is 36.2. The maximum absolute atomic E-state index is 12.8. The van der Waals surface area contributed by atoms with Gasteiger partial charge in [-0.2, -0.15) is 8.78 Å². The highest BCUT2D eigenvalue weighted by molar-refractivity contribution is 5.85. The summed E-state index contributed by atoms with van der Waals surface area (Å²) in [6, 6.07) is 4.75. The molecule has 0 bridgehead atoms. The molecule has 1 aromatic carbocycles. The molecule has 10 heteroatoms. The minimum atomic E-state index is -2.96. The largest absolute Gasteiger partial charge is 0.487 e. The van der Waals surface area contributed by atoms with Gasteiger partial charge in [0.2, 0.25) is 0 Å². The summed E-state index contributed by atoms with van der Waals surface area (Å²) in [5, 5.41) is 8.67. The highest BCUT2D eigenvalue weighted by Gasteiger charge is 2.43. The Morgan fingerprint density at radius 3 is 2.53 bits per heavy atom. The third-order valence-electron chi connectivity index (χ3n) is 5.68. The van der Waals surface area contributed by atoms with E-state index in [4.69, 9.17) is 16.5 Å². The first-order valence-electron chi connectivity index (χ1n) is 9.75. The Labute approximate surface area is 180 Å². The Bertz CT molecular complexity index is 761. The molecule has 0 atom stereocenters. The van der Waals surface area contributed by atoms with E-state index in [9.17, 15) is 13.6 Å². The number of carbonyl (C=O) groups excluding carboxylic acids is 1. The van der Waals surface area contributed by atoms with Crippen molar-refractivity contribution in [1.82, 2.24) is 10.4 Å². The van der Waals surface area contributed by atoms with Crippen molar-refractivity contribution in [3.63, 3.8) is 0 Å². The molecule has 2 fully saturated rings. The van der Waals surface area contributed by atoms with Crippen LogP contribution in [0, 0.1) is 6.57 Å². The maximum atomic E-state index is 12.8. The lowest BCUT2D eigenvalue weighted by molar-refractivity contribution is -0.130. The van der Waals surface area contributed by atoms with Gasteiger partial charge >= 0.3 is 6.61 Å². The number of nitrogens with zero attached hydrogens (tertiary/aromatic N) is 2. The summed E-state index contributed by atoms with van der Waals surface area (Å²) in [5.74, 6) is -0.270. The third kappa shape index (κ3) is 5.72. The molecule has 166 valence electrons. The van der Waals surface area contributed by atoms with E-state index in [1.807, 2.05) is 4.90 Å². The molecule has 1 saturated carbocycles. The SMILES string of the molecule is Cl.[C-]#[N+]C1(c2ccc(OC(F)F)c(OC3CCCC3)c2)CCN(CC(=O)NO)CC1. The van der Waals surface area contributed by atoms with Gasteiger partial charge in [-0.15, -0.1) is 12.4 Å². The summed E-state index contributed by atoms with van der Waals surface area (Å²) in [6.07, 6.45) is 4.74. The van der Waals surface area contributed by atoms with Gasteiger partial charge in [0.1, 0.15) is 0 Å². The van der Waals surface area contributed by atoms with Crippen molar-refractivity contribution in [2.75, 3.05) is 19.6 Å². The van der Waals surface area contributed by atoms with Crippen LogP contribution >= 0.6 is 12.4 Å². The van der Waals surface area contributed by atoms with Crippen LogP contribution in [-0.2, 0) is 10.3 Å². The van der Waals surface area contributed by atoms with Gasteiger partial charge in [-0.25, -0.2) is 12.1 Å². The van der Waals surface area contributed by atoms with Gasteiger partial charge in [-0.3, -0.25) is 14.9 Å². The second-order valence-electron chi connectivity index (χ2n) is 7.52. The van der Waals surface area contributed by atoms with Crippen molar-refractivity contribution in [2.24, 2.45) is 0 Å². The van der Waals surface area contributed by atoms with Gasteiger partial charge in [-0.1, -0.05) is 0 Å². The van der Waals surface area contributed by atoms with E-state index < -0.39 is 18.1 Å². The predicted octanol–water partition coefficient (Wildman–Crippen LogP) is 3.75. The number of hydrogen-bond donors (Lipinski definition) is 2. The normalized spacial score (nSPS) is 19.0. The monoisotopic (exact) mass is 445 g/mol. The fraction of sp³-hybridized carbons (Fsp3) is 0.600. The zero-order valence-corrected chi connectivity index (χ0v) is 17.3. The van der Waals surface area contributed by atoms with Crippen LogP contribution in [0.4, 0.5) is 8.78 Å². The number of nitrogens with one attached hydrogen (secondary N) is 1. The molecule has 30 heavy (non-hydrogen) atoms. The number of hydrogen-bond acceptors (Lipinski definition) is 5. The van der Waals surface area contributed by atoms with Crippen LogP contribution in [0.15, 0.2) is 18.2 Å². The Morgan fingerprint density at radius 1 is 1.30 bits per heavy atom. The number of carbonyl (C=O) groups is 1. The van der Waals surface area contributed by atoms with E-state index in [1.165, 1.54) is 6.07 Å². The summed E-state index contributed by atoms with van der Waals surface area (Å²) in [4.78, 5) is 17.1. The zero-order chi connectivity index (χ0) is 20.9. The molecule has 0 unspecified atom stereocenters. The number of halogens is 3. The molecule has 3 rings (SSSR count). The van der Waals surface area contributed by atoms with Crippen LogP contribution in [0.3, 0.4) is 0 Å². The fourth-order valence-electron chi connectivity index (χ4n) is 4.05. The first-order chi connectivity index (χ1) is 14.0. The van der Waals surface area contributed by atoms with E-state index in [0.717, 1.165) is 25.7 Å². The van der Waals surface area contributed by atoms with E-state index in [1.54, 1.807) is 17.6 Å². The van der Waals surface area contributed by atoms with Crippen LogP contribution < -0.4 is 15.0 Å². The average Bonchev–Trinajstić information content (AvgIpc) is 3.23. The maximum Gasteiger partial charge on any atom is 0.387 e. The highest BCUT2D eigenvalue weighted by atomic mass is 35.5. The number of rotatable bonds is 7. The van der Waals surface area contributed by atoms with Crippen LogP contribution in [0.5, 0.6) is 11.5 Å². The number of piperidine rings is 1. The summed E-state index contributed by atoms with van der Waals surface area (Å²) in [7, 11) is 0. The number of amides is 1. The van der Waals surface area contributed by atoms with Crippen LogP contribution in [0.1, 0.15) is 44.1 Å². The van der Waals surface area contributed by atoms with E-state index in [0.29, 0.717) is 31.5 Å². The number of hydroxylamine groups is 1. The Balaban J connectivity index is 0.00000320. The van der Waals surface area contributed by atoms with Crippen molar-refractivity contribution in [1.29, 1.82) is 0 Å². The van der Waals surface area contributed by atoms with Gasteiger partial charge in [0.05, 0.1) is 12.6 Å². The second kappa shape index (κ2) is 10.8. The van der Waals surface area contributed by atoms with E-state index in [-0.39, 0.29) is 36.6 Å². The van der Waals surface area contributed by atoms with Crippen LogP contribution in [0.2, 0.25) is 0 Å². The van der Waals surface area contributed by atoms with Gasteiger partial charge in [0.15, 0.2) is 11.5 Å². The molecule has 7 nitrogen and oxygen atoms in total. The lowest BCUT2D eigenvalue weighted by Crippen LogP contribution is -2.44. The molecular formula is C20H26ClF2N3O4. The van der Waals surface area contributed by atoms with E-state index >= 15 is 0 Å². The van der Waals surface area contributed by atoms with Gasteiger partial charge in [0.25, 0.3) is 11.4 Å². The van der Waals surface area contributed by atoms with Crippen LogP contribution in [0.25, 0.3) is 4.85 Å². The molecule has 0 spiro atoms. The summed E-state index contributed by atoms with van der Waals surface area (Å²) in [6.45, 7) is 5.89. The molecule has 1 aromatic rings. The van der Waals surface area contributed by atoms with E-state index in [2.05, 4.69) is 9.58 Å². The third-order valence-corrected chi connectivity index (χ3v) is 5.68. The number of alkyl halides is 2. The Kier molecular flexibility index (Phi) is 8.65. The average molecular weight is 446 g/mol. The number of ether oxygens (including phenoxy) is 2. The van der Waals surface area contributed by atoms with Crippen molar-refractivity contribution in [3.8, 4) is 11.5 Å². The summed E-state index contributed by atoms with van der Waals surface area (Å²) >= 11 is 0. The van der Waals surface area contributed by atoms with Crippen molar-refractivity contribution < 1.29 is 28.3 Å². The molecule has 2 N–H and O–H groups in total.